The van der Waals surface area contributed by atoms with Crippen molar-refractivity contribution in [1.29, 1.82) is 0 Å². The molecule has 6 heteroatoms. The number of hydrogen-bond donors (Lipinski definition) is 2. The van der Waals surface area contributed by atoms with E-state index in [9.17, 15) is 13.2 Å². The first-order chi connectivity index (χ1) is 7.92. The highest BCUT2D eigenvalue weighted by atomic mass is 32.2. The molecule has 96 valence electrons. The monoisotopic (exact) mass is 264 g/mol. The van der Waals surface area contributed by atoms with E-state index in [0.29, 0.717) is 17.1 Å². The van der Waals surface area contributed by atoms with Crippen molar-refractivity contribution in [2.24, 2.45) is 5.73 Å². The molecule has 0 saturated carbocycles. The van der Waals surface area contributed by atoms with E-state index in [4.69, 9.17) is 5.73 Å². The van der Waals surface area contributed by atoms with Gasteiger partial charge in [-0.25, -0.2) is 0 Å². The fourth-order valence-electron chi connectivity index (χ4n) is 1.20. The highest BCUT2D eigenvalue weighted by Gasteiger charge is 2.27. The van der Waals surface area contributed by atoms with Crippen LogP contribution in [0.1, 0.15) is 6.92 Å². The topological polar surface area (TPSA) is 38.0 Å². The Morgan fingerprint density at radius 3 is 2.59 bits per heavy atom. The van der Waals surface area contributed by atoms with Crippen LogP contribution in [0.25, 0.3) is 0 Å². The minimum atomic E-state index is -4.16. The predicted molar refractivity (Wildman–Crippen MR) is 65.4 cm³/mol. The molecule has 0 heterocycles. The van der Waals surface area contributed by atoms with Gasteiger partial charge in [0.05, 0.1) is 5.75 Å². The van der Waals surface area contributed by atoms with Crippen molar-refractivity contribution >= 4 is 17.4 Å². The summed E-state index contributed by atoms with van der Waals surface area (Å²) in [6.07, 6.45) is -4.16. The van der Waals surface area contributed by atoms with E-state index in [1.54, 1.807) is 24.3 Å². The lowest BCUT2D eigenvalue weighted by molar-refractivity contribution is -0.105. The van der Waals surface area contributed by atoms with Crippen molar-refractivity contribution in [1.82, 2.24) is 0 Å². The molecule has 1 unspecified atom stereocenters. The summed E-state index contributed by atoms with van der Waals surface area (Å²) in [5, 5.41) is 3.08. The van der Waals surface area contributed by atoms with E-state index < -0.39 is 11.9 Å². The normalized spacial score (nSPS) is 13.5. The molecule has 0 aliphatic carbocycles. The number of alkyl halides is 3. The number of anilines is 1. The molecule has 0 saturated heterocycles. The number of benzene rings is 1. The number of nitrogens with one attached hydrogen (secondary N) is 1. The third-order valence-corrected chi connectivity index (χ3v) is 3.17. The van der Waals surface area contributed by atoms with Gasteiger partial charge in [0.25, 0.3) is 0 Å². The van der Waals surface area contributed by atoms with Crippen molar-refractivity contribution in [3.05, 3.63) is 24.3 Å². The van der Waals surface area contributed by atoms with Crippen LogP contribution in [-0.4, -0.2) is 24.5 Å². The maximum Gasteiger partial charge on any atom is 0.398 e. The Morgan fingerprint density at radius 2 is 2.00 bits per heavy atom. The minimum absolute atomic E-state index is 0.0302. The fourth-order valence-corrected chi connectivity index (χ4v) is 1.97. The number of para-hydroxylation sites is 1. The molecule has 17 heavy (non-hydrogen) atoms. The van der Waals surface area contributed by atoms with Crippen LogP contribution in [0.15, 0.2) is 29.2 Å². The average molecular weight is 264 g/mol. The lowest BCUT2D eigenvalue weighted by Gasteiger charge is -2.16. The van der Waals surface area contributed by atoms with Crippen LogP contribution in [0.3, 0.4) is 0 Å². The zero-order chi connectivity index (χ0) is 12.9. The molecule has 1 aromatic carbocycles. The molecule has 0 amide bonds. The van der Waals surface area contributed by atoms with Gasteiger partial charge in [-0.05, 0) is 19.1 Å². The summed E-state index contributed by atoms with van der Waals surface area (Å²) in [4.78, 5) is 0.588. The van der Waals surface area contributed by atoms with E-state index >= 15 is 0 Å². The van der Waals surface area contributed by atoms with Gasteiger partial charge in [0, 0.05) is 23.2 Å². The number of rotatable bonds is 5. The zero-order valence-corrected chi connectivity index (χ0v) is 10.2. The average Bonchev–Trinajstić information content (AvgIpc) is 2.26. The van der Waals surface area contributed by atoms with Gasteiger partial charge in [0.15, 0.2) is 0 Å². The van der Waals surface area contributed by atoms with Crippen molar-refractivity contribution in [3.8, 4) is 0 Å². The number of hydrogen-bond acceptors (Lipinski definition) is 3. The van der Waals surface area contributed by atoms with Crippen molar-refractivity contribution in [3.63, 3.8) is 0 Å². The smallest absolute Gasteiger partial charge is 0.380 e. The number of thioether (sulfide) groups is 1. The Balaban J connectivity index is 2.70. The molecule has 1 rings (SSSR count). The van der Waals surface area contributed by atoms with Crippen LogP contribution in [-0.2, 0) is 0 Å². The van der Waals surface area contributed by atoms with Gasteiger partial charge in [-0.2, -0.15) is 13.2 Å². The first-order valence-corrected chi connectivity index (χ1v) is 6.16. The summed E-state index contributed by atoms with van der Waals surface area (Å²) >= 11 is 0.778. The zero-order valence-electron chi connectivity index (χ0n) is 9.42. The lowest BCUT2D eigenvalue weighted by Crippen LogP contribution is -2.25. The maximum atomic E-state index is 12.1. The van der Waals surface area contributed by atoms with Crippen LogP contribution >= 0.6 is 11.8 Å². The summed E-state index contributed by atoms with van der Waals surface area (Å²) in [5.74, 6) is -0.886. The van der Waals surface area contributed by atoms with E-state index in [2.05, 4.69) is 5.32 Å². The van der Waals surface area contributed by atoms with E-state index in [-0.39, 0.29) is 6.04 Å². The molecule has 0 aliphatic rings. The van der Waals surface area contributed by atoms with Gasteiger partial charge in [-0.3, -0.25) is 0 Å². The molecule has 1 atom stereocenters. The van der Waals surface area contributed by atoms with Crippen molar-refractivity contribution in [2.45, 2.75) is 24.0 Å². The summed E-state index contributed by atoms with van der Waals surface area (Å²) in [6, 6.07) is 6.95. The van der Waals surface area contributed by atoms with Gasteiger partial charge >= 0.3 is 6.18 Å². The molecule has 0 aromatic heterocycles. The highest BCUT2D eigenvalue weighted by molar-refractivity contribution is 7.99. The standard InChI is InChI=1S/C11H15F3N2S/c1-8(6-15)16-9-4-2-3-5-10(9)17-7-11(12,13)14/h2-5,8,16H,6-7,15H2,1H3. The Morgan fingerprint density at radius 1 is 1.35 bits per heavy atom. The van der Waals surface area contributed by atoms with Gasteiger partial charge in [-0.15, -0.1) is 11.8 Å². The van der Waals surface area contributed by atoms with Crippen LogP contribution in [0.5, 0.6) is 0 Å². The van der Waals surface area contributed by atoms with Gasteiger partial charge in [0.1, 0.15) is 0 Å². The summed E-state index contributed by atoms with van der Waals surface area (Å²) in [7, 11) is 0. The largest absolute Gasteiger partial charge is 0.398 e. The van der Waals surface area contributed by atoms with Gasteiger partial charge < -0.3 is 11.1 Å². The molecule has 3 N–H and O–H groups in total. The molecule has 1 aromatic rings. The summed E-state index contributed by atoms with van der Waals surface area (Å²) in [5.41, 5.74) is 6.16. The van der Waals surface area contributed by atoms with E-state index in [0.717, 1.165) is 11.8 Å². The number of nitrogens with two attached hydrogens (primary N) is 1. The Hall–Kier alpha value is -0.880. The second-order valence-corrected chi connectivity index (χ2v) is 4.70. The third-order valence-electron chi connectivity index (χ3n) is 2.03. The van der Waals surface area contributed by atoms with Crippen LogP contribution < -0.4 is 11.1 Å². The Bertz CT molecular complexity index is 355. The SMILES string of the molecule is CC(CN)Nc1ccccc1SCC(F)(F)F. The lowest BCUT2D eigenvalue weighted by atomic mass is 10.2. The number of halogens is 3. The van der Waals surface area contributed by atoms with Gasteiger partial charge in [-0.1, -0.05) is 12.1 Å². The summed E-state index contributed by atoms with van der Waals surface area (Å²) in [6.45, 7) is 2.31. The van der Waals surface area contributed by atoms with E-state index in [1.165, 1.54) is 0 Å². The molecule has 0 radical (unpaired) electrons. The predicted octanol–water partition coefficient (Wildman–Crippen LogP) is 3.10. The first-order valence-electron chi connectivity index (χ1n) is 5.17. The first kappa shape index (κ1) is 14.2. The minimum Gasteiger partial charge on any atom is -0.380 e. The molecule has 2 nitrogen and oxygen atoms in total. The highest BCUT2D eigenvalue weighted by Crippen LogP contribution is 2.32. The van der Waals surface area contributed by atoms with Crippen molar-refractivity contribution < 1.29 is 13.2 Å². The quantitative estimate of drug-likeness (QED) is 0.803. The Labute approximate surface area is 103 Å². The molecular weight excluding hydrogens is 249 g/mol. The molecule has 0 bridgehead atoms. The molecular formula is C11H15F3N2S. The van der Waals surface area contributed by atoms with Gasteiger partial charge in [0.2, 0.25) is 0 Å². The second-order valence-electron chi connectivity index (χ2n) is 3.68. The Kier molecular flexibility index (Phi) is 5.14. The van der Waals surface area contributed by atoms with E-state index in [1.807, 2.05) is 6.92 Å². The summed E-state index contributed by atoms with van der Waals surface area (Å²) < 4.78 is 36.4. The van der Waals surface area contributed by atoms with Crippen LogP contribution in [0, 0.1) is 0 Å². The molecule has 0 fully saturated rings. The molecule has 0 aliphatic heterocycles. The van der Waals surface area contributed by atoms with Crippen molar-refractivity contribution in [2.75, 3.05) is 17.6 Å². The van der Waals surface area contributed by atoms with Crippen LogP contribution in [0.2, 0.25) is 0 Å². The molecule has 0 spiro atoms. The fraction of sp³-hybridized carbons (Fsp3) is 0.455. The third kappa shape index (κ3) is 5.32. The maximum absolute atomic E-state index is 12.1. The second kappa shape index (κ2) is 6.16. The van der Waals surface area contributed by atoms with Crippen LogP contribution in [0.4, 0.5) is 18.9 Å².